The molecule has 106 valence electrons. The number of rotatable bonds is 3. The Hall–Kier alpha value is -1.52. The van der Waals surface area contributed by atoms with E-state index in [1.165, 1.54) is 17.0 Å². The molecule has 1 aromatic heterocycles. The first-order valence-electron chi connectivity index (χ1n) is 5.97. The Kier molecular flexibility index (Phi) is 4.35. The second-order valence-corrected chi connectivity index (χ2v) is 5.24. The van der Waals surface area contributed by atoms with E-state index in [2.05, 4.69) is 4.98 Å². The van der Waals surface area contributed by atoms with Crippen LogP contribution in [-0.2, 0) is 0 Å². The van der Waals surface area contributed by atoms with Crippen LogP contribution in [-0.4, -0.2) is 22.8 Å². The van der Waals surface area contributed by atoms with Gasteiger partial charge < -0.3 is 9.88 Å². The van der Waals surface area contributed by atoms with E-state index < -0.39 is 6.04 Å². The molecule has 0 radical (unpaired) electrons. The molecule has 2 aromatic rings. The van der Waals surface area contributed by atoms with Crippen LogP contribution in [0.4, 0.5) is 4.39 Å². The third-order valence-corrected chi connectivity index (χ3v) is 3.91. The molecule has 1 amide bonds. The van der Waals surface area contributed by atoms with Crippen LogP contribution in [0.1, 0.15) is 29.0 Å². The van der Waals surface area contributed by atoms with E-state index in [-0.39, 0.29) is 27.6 Å². The zero-order valence-corrected chi connectivity index (χ0v) is 12.5. The number of H-pyrrole nitrogens is 1. The number of halogens is 3. The fourth-order valence-electron chi connectivity index (χ4n) is 1.91. The number of amides is 1. The summed E-state index contributed by atoms with van der Waals surface area (Å²) < 4.78 is 13.7. The van der Waals surface area contributed by atoms with Crippen LogP contribution in [0.15, 0.2) is 30.3 Å². The van der Waals surface area contributed by atoms with Gasteiger partial charge in [-0.25, -0.2) is 4.39 Å². The van der Waals surface area contributed by atoms with Gasteiger partial charge in [-0.15, -0.1) is 0 Å². The maximum absolute atomic E-state index is 13.7. The monoisotopic (exact) mass is 314 g/mol. The largest absolute Gasteiger partial charge is 0.340 e. The van der Waals surface area contributed by atoms with Gasteiger partial charge in [0, 0.05) is 12.6 Å². The van der Waals surface area contributed by atoms with E-state index in [1.54, 1.807) is 32.2 Å². The second kappa shape index (κ2) is 5.85. The first-order chi connectivity index (χ1) is 9.41. The number of hydrogen-bond acceptors (Lipinski definition) is 1. The zero-order chi connectivity index (χ0) is 14.9. The SMILES string of the molecule is CC(c1ccccc1F)N(C)C(=O)c1cc(Cl)c(Cl)[nH]1. The maximum Gasteiger partial charge on any atom is 0.270 e. The van der Waals surface area contributed by atoms with Crippen LogP contribution in [0.25, 0.3) is 0 Å². The van der Waals surface area contributed by atoms with E-state index in [0.29, 0.717) is 5.56 Å². The molecule has 3 nitrogen and oxygen atoms in total. The number of carbonyl (C=O) groups is 1. The lowest BCUT2D eigenvalue weighted by atomic mass is 10.1. The number of aromatic nitrogens is 1. The highest BCUT2D eigenvalue weighted by molar-refractivity contribution is 6.41. The molecule has 6 heteroatoms. The molecule has 0 spiro atoms. The first kappa shape index (κ1) is 14.9. The Morgan fingerprint density at radius 3 is 2.55 bits per heavy atom. The quantitative estimate of drug-likeness (QED) is 0.901. The van der Waals surface area contributed by atoms with Gasteiger partial charge in [-0.2, -0.15) is 0 Å². The van der Waals surface area contributed by atoms with Gasteiger partial charge in [0.05, 0.1) is 11.1 Å². The molecule has 1 unspecified atom stereocenters. The summed E-state index contributed by atoms with van der Waals surface area (Å²) in [6.07, 6.45) is 0. The summed E-state index contributed by atoms with van der Waals surface area (Å²) in [5.74, 6) is -0.656. The lowest BCUT2D eigenvalue weighted by Crippen LogP contribution is -2.30. The molecule has 0 aliphatic heterocycles. The van der Waals surface area contributed by atoms with Gasteiger partial charge >= 0.3 is 0 Å². The van der Waals surface area contributed by atoms with E-state index >= 15 is 0 Å². The van der Waals surface area contributed by atoms with Gasteiger partial charge in [-0.3, -0.25) is 4.79 Å². The molecule has 0 saturated heterocycles. The number of carbonyl (C=O) groups excluding carboxylic acids is 1. The van der Waals surface area contributed by atoms with Crippen molar-refractivity contribution in [3.63, 3.8) is 0 Å². The van der Waals surface area contributed by atoms with E-state index in [4.69, 9.17) is 23.2 Å². The van der Waals surface area contributed by atoms with Crippen molar-refractivity contribution in [1.82, 2.24) is 9.88 Å². The van der Waals surface area contributed by atoms with Crippen molar-refractivity contribution in [1.29, 1.82) is 0 Å². The lowest BCUT2D eigenvalue weighted by molar-refractivity contribution is 0.0735. The highest BCUT2D eigenvalue weighted by Crippen LogP contribution is 2.26. The van der Waals surface area contributed by atoms with E-state index in [1.807, 2.05) is 0 Å². The van der Waals surface area contributed by atoms with Crippen molar-refractivity contribution in [2.24, 2.45) is 0 Å². The summed E-state index contributed by atoms with van der Waals surface area (Å²) >= 11 is 11.6. The van der Waals surface area contributed by atoms with E-state index in [0.717, 1.165) is 0 Å². The molecule has 1 heterocycles. The Morgan fingerprint density at radius 2 is 2.00 bits per heavy atom. The predicted molar refractivity (Wildman–Crippen MR) is 77.7 cm³/mol. The van der Waals surface area contributed by atoms with Gasteiger partial charge in [0.1, 0.15) is 16.7 Å². The second-order valence-electron chi connectivity index (χ2n) is 4.46. The normalized spacial score (nSPS) is 12.2. The summed E-state index contributed by atoms with van der Waals surface area (Å²) in [6.45, 7) is 1.75. The minimum Gasteiger partial charge on any atom is -0.340 e. The molecule has 0 aliphatic rings. The standard InChI is InChI=1S/C14H13Cl2FN2O/c1-8(9-5-3-4-6-11(9)17)19(2)14(20)12-7-10(15)13(16)18-12/h3-8,18H,1-2H3. The van der Waals surface area contributed by atoms with Crippen LogP contribution >= 0.6 is 23.2 Å². The molecule has 1 atom stereocenters. The number of benzene rings is 1. The molecule has 0 saturated carbocycles. The van der Waals surface area contributed by atoms with Crippen LogP contribution in [0.5, 0.6) is 0 Å². The van der Waals surface area contributed by atoms with Crippen molar-refractivity contribution >= 4 is 29.1 Å². The fraction of sp³-hybridized carbons (Fsp3) is 0.214. The minimum atomic E-state index is -0.412. The van der Waals surface area contributed by atoms with Gasteiger partial charge in [-0.05, 0) is 19.1 Å². The molecule has 0 aliphatic carbocycles. The summed E-state index contributed by atoms with van der Waals surface area (Å²) in [4.78, 5) is 16.4. The van der Waals surface area contributed by atoms with Crippen molar-refractivity contribution in [2.75, 3.05) is 7.05 Å². The summed E-state index contributed by atoms with van der Waals surface area (Å²) in [5, 5.41) is 0.490. The van der Waals surface area contributed by atoms with Crippen molar-refractivity contribution < 1.29 is 9.18 Å². The molecular formula is C14H13Cl2FN2O. The van der Waals surface area contributed by atoms with Gasteiger partial charge in [-0.1, -0.05) is 41.4 Å². The van der Waals surface area contributed by atoms with Crippen LogP contribution in [0.3, 0.4) is 0 Å². The number of nitrogens with zero attached hydrogens (tertiary/aromatic N) is 1. The maximum atomic E-state index is 13.7. The number of nitrogens with one attached hydrogen (secondary N) is 1. The first-order valence-corrected chi connectivity index (χ1v) is 6.73. The zero-order valence-electron chi connectivity index (χ0n) is 11.0. The summed E-state index contributed by atoms with van der Waals surface area (Å²) in [7, 11) is 1.60. The van der Waals surface area contributed by atoms with Crippen molar-refractivity contribution in [3.05, 3.63) is 57.6 Å². The minimum absolute atomic E-state index is 0.210. The van der Waals surface area contributed by atoms with E-state index in [9.17, 15) is 9.18 Å². The van der Waals surface area contributed by atoms with Crippen LogP contribution in [0, 0.1) is 5.82 Å². The number of aromatic amines is 1. The predicted octanol–water partition coefficient (Wildman–Crippen LogP) is 4.29. The molecule has 20 heavy (non-hydrogen) atoms. The van der Waals surface area contributed by atoms with Crippen LogP contribution in [0.2, 0.25) is 10.2 Å². The van der Waals surface area contributed by atoms with Crippen molar-refractivity contribution in [2.45, 2.75) is 13.0 Å². The van der Waals surface area contributed by atoms with Gasteiger partial charge in [0.15, 0.2) is 0 Å². The average molecular weight is 315 g/mol. The van der Waals surface area contributed by atoms with Crippen LogP contribution < -0.4 is 0 Å². The Labute approximate surface area is 126 Å². The highest BCUT2D eigenvalue weighted by Gasteiger charge is 2.22. The molecule has 2 rings (SSSR count). The third kappa shape index (κ3) is 2.81. The Morgan fingerprint density at radius 1 is 1.35 bits per heavy atom. The summed E-state index contributed by atoms with van der Waals surface area (Å²) in [6, 6.07) is 7.40. The lowest BCUT2D eigenvalue weighted by Gasteiger charge is -2.25. The smallest absolute Gasteiger partial charge is 0.270 e. The molecular weight excluding hydrogens is 302 g/mol. The number of hydrogen-bond donors (Lipinski definition) is 1. The fourth-order valence-corrected chi connectivity index (χ4v) is 2.22. The molecule has 1 aromatic carbocycles. The molecule has 1 N–H and O–H groups in total. The van der Waals surface area contributed by atoms with Gasteiger partial charge in [0.2, 0.25) is 0 Å². The van der Waals surface area contributed by atoms with Gasteiger partial charge in [0.25, 0.3) is 5.91 Å². The average Bonchev–Trinajstić information content (AvgIpc) is 2.77. The van der Waals surface area contributed by atoms with Crippen molar-refractivity contribution in [3.8, 4) is 0 Å². The molecule has 0 fully saturated rings. The Balaban J connectivity index is 2.24. The molecule has 0 bridgehead atoms. The highest BCUT2D eigenvalue weighted by atomic mass is 35.5. The third-order valence-electron chi connectivity index (χ3n) is 3.21. The topological polar surface area (TPSA) is 36.1 Å². The summed E-state index contributed by atoms with van der Waals surface area (Å²) in [5.41, 5.74) is 0.720. The Bertz CT molecular complexity index is 622.